The zero-order valence-electron chi connectivity index (χ0n) is 9.61. The van der Waals surface area contributed by atoms with E-state index in [0.29, 0.717) is 5.69 Å². The third-order valence-corrected chi connectivity index (χ3v) is 3.72. The molecule has 1 aromatic carbocycles. The first-order chi connectivity index (χ1) is 8.38. The minimum absolute atomic E-state index is 0.0253. The summed E-state index contributed by atoms with van der Waals surface area (Å²) in [5.74, 6) is -0.905. The van der Waals surface area contributed by atoms with Crippen LogP contribution in [0.15, 0.2) is 29.2 Å². The van der Waals surface area contributed by atoms with Crippen molar-refractivity contribution in [2.75, 3.05) is 11.4 Å². The molecule has 0 radical (unpaired) electrons. The fourth-order valence-electron chi connectivity index (χ4n) is 1.79. The van der Waals surface area contributed by atoms with Crippen LogP contribution < -0.4 is 10.0 Å². The summed E-state index contributed by atoms with van der Waals surface area (Å²) in [6.45, 7) is -0.0839. The van der Waals surface area contributed by atoms with E-state index in [4.69, 9.17) is 10.2 Å². The summed E-state index contributed by atoms with van der Waals surface area (Å²) in [4.78, 5) is 12.6. The summed E-state index contributed by atoms with van der Waals surface area (Å²) < 4.78 is 22.2. The van der Waals surface area contributed by atoms with Crippen molar-refractivity contribution in [3.05, 3.63) is 24.3 Å². The van der Waals surface area contributed by atoms with E-state index in [0.717, 1.165) is 12.8 Å². The summed E-state index contributed by atoms with van der Waals surface area (Å²) in [5.41, 5.74) is 0.701. The molecule has 1 aliphatic rings. The first kappa shape index (κ1) is 12.8. The van der Waals surface area contributed by atoms with Crippen molar-refractivity contribution in [1.82, 2.24) is 0 Å². The molecule has 0 spiro atoms. The van der Waals surface area contributed by atoms with E-state index in [2.05, 4.69) is 0 Å². The quantitative estimate of drug-likeness (QED) is 0.806. The zero-order valence-corrected chi connectivity index (χ0v) is 10.4. The van der Waals surface area contributed by atoms with Gasteiger partial charge in [0, 0.05) is 11.7 Å². The first-order valence-electron chi connectivity index (χ1n) is 5.49. The Balaban J connectivity index is 2.24. The molecule has 0 aromatic heterocycles. The molecule has 6 nitrogen and oxygen atoms in total. The van der Waals surface area contributed by atoms with Gasteiger partial charge in [0.25, 0.3) is 0 Å². The number of nitrogens with zero attached hydrogens (tertiary/aromatic N) is 1. The summed E-state index contributed by atoms with van der Waals surface area (Å²) in [5, 5.41) is 13.8. The molecular formula is C11H14N2O4S. The third-order valence-electron chi connectivity index (χ3n) is 2.79. The number of aliphatic carboxylic acids is 1. The molecule has 1 fully saturated rings. The smallest absolute Gasteiger partial charge is 0.323 e. The van der Waals surface area contributed by atoms with E-state index in [1.807, 2.05) is 0 Å². The Labute approximate surface area is 105 Å². The number of primary sulfonamides is 1. The van der Waals surface area contributed by atoms with Gasteiger partial charge in [0.2, 0.25) is 10.0 Å². The van der Waals surface area contributed by atoms with Crippen LogP contribution in [0.1, 0.15) is 12.8 Å². The maximum absolute atomic E-state index is 11.1. The molecule has 7 heteroatoms. The van der Waals surface area contributed by atoms with Gasteiger partial charge in [-0.3, -0.25) is 4.79 Å². The standard InChI is InChI=1S/C11H14N2O4S/c12-18(16,17)10-5-3-9(4-6-10)13(7-11(14)15)8-1-2-8/h3-6,8H,1-2,7H2,(H,14,15)(H2,12,16,17). The summed E-state index contributed by atoms with van der Waals surface area (Å²) in [6.07, 6.45) is 1.93. The van der Waals surface area contributed by atoms with Crippen LogP contribution in [-0.2, 0) is 14.8 Å². The zero-order chi connectivity index (χ0) is 13.3. The number of rotatable bonds is 5. The molecule has 0 unspecified atom stereocenters. The molecule has 0 amide bonds. The lowest BCUT2D eigenvalue weighted by Crippen LogP contribution is -2.31. The monoisotopic (exact) mass is 270 g/mol. The van der Waals surface area contributed by atoms with Crippen molar-refractivity contribution in [2.45, 2.75) is 23.8 Å². The number of nitrogens with two attached hydrogens (primary N) is 1. The number of carboxylic acids is 1. The molecule has 1 aromatic rings. The highest BCUT2D eigenvalue weighted by Crippen LogP contribution is 2.31. The van der Waals surface area contributed by atoms with Crippen LogP contribution in [0.25, 0.3) is 0 Å². The molecule has 1 aliphatic carbocycles. The number of hydrogen-bond donors (Lipinski definition) is 2. The molecule has 0 heterocycles. The van der Waals surface area contributed by atoms with Gasteiger partial charge in [0.15, 0.2) is 0 Å². The average molecular weight is 270 g/mol. The van der Waals surface area contributed by atoms with Crippen molar-refractivity contribution in [3.63, 3.8) is 0 Å². The van der Waals surface area contributed by atoms with Gasteiger partial charge >= 0.3 is 5.97 Å². The molecular weight excluding hydrogens is 256 g/mol. The van der Waals surface area contributed by atoms with Crippen LogP contribution in [-0.4, -0.2) is 32.1 Å². The predicted octanol–water partition coefficient (Wildman–Crippen LogP) is 0.387. The van der Waals surface area contributed by atoms with Crippen molar-refractivity contribution in [1.29, 1.82) is 0 Å². The van der Waals surface area contributed by atoms with Crippen molar-refractivity contribution in [3.8, 4) is 0 Å². The molecule has 98 valence electrons. The molecule has 0 saturated heterocycles. The molecule has 2 rings (SSSR count). The molecule has 3 N–H and O–H groups in total. The van der Waals surface area contributed by atoms with E-state index in [1.165, 1.54) is 12.1 Å². The lowest BCUT2D eigenvalue weighted by Gasteiger charge is -2.22. The number of hydrogen-bond acceptors (Lipinski definition) is 4. The molecule has 0 atom stereocenters. The van der Waals surface area contributed by atoms with Crippen LogP contribution in [0.5, 0.6) is 0 Å². The Morgan fingerprint density at radius 3 is 2.28 bits per heavy atom. The Bertz CT molecular complexity index is 549. The van der Waals surface area contributed by atoms with Crippen LogP contribution in [0.2, 0.25) is 0 Å². The lowest BCUT2D eigenvalue weighted by atomic mass is 10.3. The highest BCUT2D eigenvalue weighted by Gasteiger charge is 2.30. The Morgan fingerprint density at radius 2 is 1.89 bits per heavy atom. The van der Waals surface area contributed by atoms with Gasteiger partial charge in [-0.2, -0.15) is 0 Å². The van der Waals surface area contributed by atoms with E-state index in [-0.39, 0.29) is 17.5 Å². The average Bonchev–Trinajstić information content (AvgIpc) is 3.08. The largest absolute Gasteiger partial charge is 0.480 e. The van der Waals surface area contributed by atoms with E-state index in [9.17, 15) is 13.2 Å². The van der Waals surface area contributed by atoms with Gasteiger partial charge in [-0.25, -0.2) is 13.6 Å². The van der Waals surface area contributed by atoms with Gasteiger partial charge in [-0.1, -0.05) is 0 Å². The van der Waals surface area contributed by atoms with Crippen LogP contribution >= 0.6 is 0 Å². The lowest BCUT2D eigenvalue weighted by molar-refractivity contribution is -0.135. The minimum atomic E-state index is -3.71. The van der Waals surface area contributed by atoms with Crippen molar-refractivity contribution >= 4 is 21.7 Å². The molecule has 1 saturated carbocycles. The molecule has 0 aliphatic heterocycles. The van der Waals surface area contributed by atoms with Gasteiger partial charge in [0.05, 0.1) is 4.90 Å². The SMILES string of the molecule is NS(=O)(=O)c1ccc(N(CC(=O)O)C2CC2)cc1. The maximum atomic E-state index is 11.1. The number of carbonyl (C=O) groups is 1. The normalized spacial score (nSPS) is 15.4. The first-order valence-corrected chi connectivity index (χ1v) is 7.04. The highest BCUT2D eigenvalue weighted by molar-refractivity contribution is 7.89. The van der Waals surface area contributed by atoms with Crippen molar-refractivity contribution < 1.29 is 18.3 Å². The van der Waals surface area contributed by atoms with E-state index in [1.54, 1.807) is 17.0 Å². The number of sulfonamides is 1. The Morgan fingerprint density at radius 1 is 1.33 bits per heavy atom. The fraction of sp³-hybridized carbons (Fsp3) is 0.364. The van der Waals surface area contributed by atoms with Gasteiger partial charge in [-0.15, -0.1) is 0 Å². The highest BCUT2D eigenvalue weighted by atomic mass is 32.2. The second-order valence-corrected chi connectivity index (χ2v) is 5.85. The minimum Gasteiger partial charge on any atom is -0.480 e. The molecule has 0 bridgehead atoms. The number of benzene rings is 1. The number of anilines is 1. The second kappa shape index (κ2) is 4.58. The van der Waals surface area contributed by atoms with Gasteiger partial charge in [-0.05, 0) is 37.1 Å². The second-order valence-electron chi connectivity index (χ2n) is 4.29. The summed E-state index contributed by atoms with van der Waals surface area (Å²) in [7, 11) is -3.71. The topological polar surface area (TPSA) is 101 Å². The van der Waals surface area contributed by atoms with Gasteiger partial charge in [0.1, 0.15) is 6.54 Å². The number of carboxylic acid groups (broad SMARTS) is 1. The van der Waals surface area contributed by atoms with Crippen LogP contribution in [0.3, 0.4) is 0 Å². The van der Waals surface area contributed by atoms with Crippen LogP contribution in [0.4, 0.5) is 5.69 Å². The molecule has 18 heavy (non-hydrogen) atoms. The van der Waals surface area contributed by atoms with Crippen molar-refractivity contribution in [2.24, 2.45) is 5.14 Å². The van der Waals surface area contributed by atoms with E-state index >= 15 is 0 Å². The Kier molecular flexibility index (Phi) is 3.27. The van der Waals surface area contributed by atoms with Gasteiger partial charge < -0.3 is 10.0 Å². The fourth-order valence-corrected chi connectivity index (χ4v) is 2.31. The Hall–Kier alpha value is -1.60. The van der Waals surface area contributed by atoms with E-state index < -0.39 is 16.0 Å². The summed E-state index contributed by atoms with van der Waals surface area (Å²) in [6, 6.07) is 6.19. The summed E-state index contributed by atoms with van der Waals surface area (Å²) >= 11 is 0. The van der Waals surface area contributed by atoms with Crippen LogP contribution in [0, 0.1) is 0 Å². The predicted molar refractivity (Wildman–Crippen MR) is 65.8 cm³/mol. The third kappa shape index (κ3) is 2.99. The maximum Gasteiger partial charge on any atom is 0.323 e.